The van der Waals surface area contributed by atoms with Crippen molar-refractivity contribution in [3.05, 3.63) is 82.7 Å². The molecular formula is C22H23N3O2. The first kappa shape index (κ1) is 18.6. The van der Waals surface area contributed by atoms with E-state index >= 15 is 0 Å². The highest BCUT2D eigenvalue weighted by Gasteiger charge is 2.19. The van der Waals surface area contributed by atoms with E-state index < -0.39 is 0 Å². The molecule has 5 nitrogen and oxygen atoms in total. The minimum absolute atomic E-state index is 0.177. The quantitative estimate of drug-likeness (QED) is 0.741. The fraction of sp³-hybridized carbons (Fsp3) is 0.227. The van der Waals surface area contributed by atoms with Gasteiger partial charge in [0.25, 0.3) is 11.8 Å². The van der Waals surface area contributed by atoms with Crippen LogP contribution in [0.2, 0.25) is 0 Å². The average Bonchev–Trinajstić information content (AvgIpc) is 2.96. The van der Waals surface area contributed by atoms with E-state index in [0.29, 0.717) is 22.7 Å². The van der Waals surface area contributed by atoms with Crippen LogP contribution in [0.1, 0.15) is 57.4 Å². The van der Waals surface area contributed by atoms with E-state index in [4.69, 9.17) is 0 Å². The molecule has 0 spiro atoms. The fourth-order valence-electron chi connectivity index (χ4n) is 3.30. The van der Waals surface area contributed by atoms with Gasteiger partial charge in [0, 0.05) is 22.5 Å². The Hall–Kier alpha value is -3.21. The van der Waals surface area contributed by atoms with E-state index in [1.807, 2.05) is 32.0 Å². The van der Waals surface area contributed by atoms with E-state index in [9.17, 15) is 9.59 Å². The molecule has 0 saturated heterocycles. The lowest BCUT2D eigenvalue weighted by molar-refractivity contribution is 0.0941. The third-order valence-electron chi connectivity index (χ3n) is 4.54. The van der Waals surface area contributed by atoms with Gasteiger partial charge in [-0.25, -0.2) is 4.68 Å². The second-order valence-corrected chi connectivity index (χ2v) is 6.85. The van der Waals surface area contributed by atoms with Crippen molar-refractivity contribution in [3.63, 3.8) is 0 Å². The predicted molar refractivity (Wildman–Crippen MR) is 106 cm³/mol. The number of anilines is 1. The Bertz CT molecular complexity index is 971. The van der Waals surface area contributed by atoms with E-state index in [0.717, 1.165) is 17.0 Å². The Morgan fingerprint density at radius 1 is 0.926 bits per heavy atom. The lowest BCUT2D eigenvalue weighted by Crippen LogP contribution is -2.16. The molecule has 1 N–H and O–H groups in total. The first-order chi connectivity index (χ1) is 12.9. The van der Waals surface area contributed by atoms with Crippen molar-refractivity contribution in [1.29, 1.82) is 0 Å². The number of benzene rings is 2. The average molecular weight is 361 g/mol. The number of nitrogens with zero attached hydrogens (tertiary/aromatic N) is 2. The molecule has 0 atom stereocenters. The van der Waals surface area contributed by atoms with Gasteiger partial charge in [0.05, 0.1) is 5.69 Å². The molecule has 0 aliphatic rings. The minimum Gasteiger partial charge on any atom is -0.322 e. The van der Waals surface area contributed by atoms with Crippen molar-refractivity contribution in [1.82, 2.24) is 9.78 Å². The lowest BCUT2D eigenvalue weighted by Gasteiger charge is -2.08. The van der Waals surface area contributed by atoms with Crippen LogP contribution in [0, 0.1) is 13.8 Å². The number of rotatable bonds is 4. The molecule has 1 heterocycles. The molecule has 0 unspecified atom stereocenters. The zero-order chi connectivity index (χ0) is 19.6. The number of hydrogen-bond acceptors (Lipinski definition) is 3. The Labute approximate surface area is 159 Å². The van der Waals surface area contributed by atoms with E-state index in [1.54, 1.807) is 36.4 Å². The second kappa shape index (κ2) is 7.58. The smallest absolute Gasteiger partial charge is 0.278 e. The summed E-state index contributed by atoms with van der Waals surface area (Å²) in [6, 6.07) is 15.9. The van der Waals surface area contributed by atoms with Gasteiger partial charge in [-0.15, -0.1) is 0 Å². The molecule has 3 rings (SSSR count). The van der Waals surface area contributed by atoms with Crippen molar-refractivity contribution >= 4 is 17.5 Å². The number of aromatic nitrogens is 2. The zero-order valence-electron chi connectivity index (χ0n) is 16.0. The van der Waals surface area contributed by atoms with Gasteiger partial charge < -0.3 is 5.32 Å². The maximum Gasteiger partial charge on any atom is 0.278 e. The molecule has 1 amide bonds. The van der Waals surface area contributed by atoms with Crippen LogP contribution in [0.15, 0.2) is 54.6 Å². The molecule has 0 saturated carbocycles. The molecule has 27 heavy (non-hydrogen) atoms. The van der Waals surface area contributed by atoms with Crippen LogP contribution in [0.4, 0.5) is 5.69 Å². The van der Waals surface area contributed by atoms with Gasteiger partial charge in [-0.1, -0.05) is 32.0 Å². The first-order valence-corrected chi connectivity index (χ1v) is 8.95. The first-order valence-electron chi connectivity index (χ1n) is 8.95. The number of carbonyl (C=O) groups excluding carboxylic acids is 2. The second-order valence-electron chi connectivity index (χ2n) is 6.85. The van der Waals surface area contributed by atoms with Gasteiger partial charge in [-0.3, -0.25) is 9.59 Å². The topological polar surface area (TPSA) is 64.0 Å². The Balaban J connectivity index is 1.79. The molecule has 0 aliphatic heterocycles. The molecule has 2 aromatic carbocycles. The molecule has 0 fully saturated rings. The predicted octanol–water partition coefficient (Wildman–Crippen LogP) is 4.56. The van der Waals surface area contributed by atoms with Gasteiger partial charge >= 0.3 is 0 Å². The summed E-state index contributed by atoms with van der Waals surface area (Å²) in [4.78, 5) is 25.0. The van der Waals surface area contributed by atoms with Crippen LogP contribution in [-0.2, 0) is 0 Å². The van der Waals surface area contributed by atoms with Gasteiger partial charge in [-0.05, 0) is 61.7 Å². The summed E-state index contributed by atoms with van der Waals surface area (Å²) in [7, 11) is 0. The van der Waals surface area contributed by atoms with Crippen molar-refractivity contribution in [2.45, 2.75) is 33.6 Å². The van der Waals surface area contributed by atoms with E-state index in [-0.39, 0.29) is 11.8 Å². The van der Waals surface area contributed by atoms with Gasteiger partial charge in [0.1, 0.15) is 0 Å². The van der Waals surface area contributed by atoms with Gasteiger partial charge in [0.2, 0.25) is 0 Å². The van der Waals surface area contributed by atoms with E-state index in [2.05, 4.69) is 24.3 Å². The molecule has 0 aliphatic carbocycles. The van der Waals surface area contributed by atoms with Crippen molar-refractivity contribution in [3.8, 4) is 0 Å². The van der Waals surface area contributed by atoms with Crippen LogP contribution in [0.25, 0.3) is 0 Å². The molecule has 0 radical (unpaired) electrons. The number of nitrogens with one attached hydrogen (secondary N) is 1. The number of aryl methyl sites for hydroxylation is 1. The third kappa shape index (κ3) is 3.82. The van der Waals surface area contributed by atoms with Crippen molar-refractivity contribution in [2.75, 3.05) is 5.32 Å². The SMILES string of the molecule is Cc1nn(C(=O)c2ccc(NC(=O)c3ccccc3)cc2)c(C)c1C(C)C. The molecular weight excluding hydrogens is 338 g/mol. The normalized spacial score (nSPS) is 10.9. The summed E-state index contributed by atoms with van der Waals surface area (Å²) < 4.78 is 1.46. The highest BCUT2D eigenvalue weighted by atomic mass is 16.2. The van der Waals surface area contributed by atoms with Crippen LogP contribution in [0.5, 0.6) is 0 Å². The van der Waals surface area contributed by atoms with E-state index in [1.165, 1.54) is 4.68 Å². The zero-order valence-corrected chi connectivity index (χ0v) is 16.0. The standard InChI is InChI=1S/C22H23N3O2/c1-14(2)20-15(3)24-25(16(20)4)22(27)18-10-12-19(13-11-18)23-21(26)17-8-6-5-7-9-17/h5-14H,1-4H3,(H,23,26). The fourth-order valence-corrected chi connectivity index (χ4v) is 3.30. The summed E-state index contributed by atoms with van der Waals surface area (Å²) in [5.41, 5.74) is 4.60. The summed E-state index contributed by atoms with van der Waals surface area (Å²) in [5, 5.41) is 7.25. The molecule has 0 bridgehead atoms. The Morgan fingerprint density at radius 2 is 1.56 bits per heavy atom. The minimum atomic E-state index is -0.185. The van der Waals surface area contributed by atoms with Crippen LogP contribution in [-0.4, -0.2) is 21.6 Å². The summed E-state index contributed by atoms with van der Waals surface area (Å²) in [5.74, 6) is -0.0552. The maximum atomic E-state index is 12.8. The molecule has 1 aromatic heterocycles. The van der Waals surface area contributed by atoms with Crippen molar-refractivity contribution in [2.24, 2.45) is 0 Å². The number of carbonyl (C=O) groups is 2. The Kier molecular flexibility index (Phi) is 5.21. The summed E-state index contributed by atoms with van der Waals surface area (Å²) in [6.07, 6.45) is 0. The van der Waals surface area contributed by atoms with Gasteiger partial charge in [-0.2, -0.15) is 5.10 Å². The lowest BCUT2D eigenvalue weighted by atomic mass is 10.0. The van der Waals surface area contributed by atoms with Crippen LogP contribution in [0.3, 0.4) is 0 Å². The molecule has 5 heteroatoms. The molecule has 138 valence electrons. The van der Waals surface area contributed by atoms with Crippen LogP contribution >= 0.6 is 0 Å². The molecule has 3 aromatic rings. The largest absolute Gasteiger partial charge is 0.322 e. The monoisotopic (exact) mass is 361 g/mol. The van der Waals surface area contributed by atoms with Crippen LogP contribution < -0.4 is 5.32 Å². The van der Waals surface area contributed by atoms with Gasteiger partial charge in [0.15, 0.2) is 0 Å². The number of hydrogen-bond donors (Lipinski definition) is 1. The maximum absolute atomic E-state index is 12.8. The number of amides is 1. The third-order valence-corrected chi connectivity index (χ3v) is 4.54. The highest BCUT2D eigenvalue weighted by Crippen LogP contribution is 2.23. The summed E-state index contributed by atoms with van der Waals surface area (Å²) >= 11 is 0. The summed E-state index contributed by atoms with van der Waals surface area (Å²) in [6.45, 7) is 8.03. The van der Waals surface area contributed by atoms with Crippen molar-refractivity contribution < 1.29 is 9.59 Å². The Morgan fingerprint density at radius 3 is 2.11 bits per heavy atom. The highest BCUT2D eigenvalue weighted by molar-refractivity contribution is 6.04.